The molecule has 0 aliphatic carbocycles. The predicted octanol–water partition coefficient (Wildman–Crippen LogP) is 4.00. The van der Waals surface area contributed by atoms with Crippen LogP contribution in [0.1, 0.15) is 16.9 Å². The van der Waals surface area contributed by atoms with Crippen LogP contribution in [-0.4, -0.2) is 43.0 Å². The molecule has 0 radical (unpaired) electrons. The summed E-state index contributed by atoms with van der Waals surface area (Å²) in [5.41, 5.74) is 1.62. The molecular formula is C17H20Cl2N4O. The quantitative estimate of drug-likeness (QED) is 0.727. The molecule has 0 fully saturated rings. The molecule has 2 rings (SSSR count). The third-order valence-corrected chi connectivity index (χ3v) is 4.12. The average Bonchev–Trinajstić information content (AvgIpc) is 2.56. The van der Waals surface area contributed by atoms with Crippen LogP contribution >= 0.6 is 23.2 Å². The van der Waals surface area contributed by atoms with Crippen LogP contribution in [-0.2, 0) is 0 Å². The number of nitrogens with one attached hydrogen (secondary N) is 2. The molecule has 0 saturated heterocycles. The van der Waals surface area contributed by atoms with E-state index in [0.717, 1.165) is 25.2 Å². The van der Waals surface area contributed by atoms with E-state index in [1.807, 2.05) is 20.2 Å². The molecule has 1 amide bonds. The van der Waals surface area contributed by atoms with Crippen molar-refractivity contribution < 1.29 is 4.79 Å². The zero-order valence-corrected chi connectivity index (χ0v) is 15.2. The van der Waals surface area contributed by atoms with Gasteiger partial charge in [-0.2, -0.15) is 0 Å². The van der Waals surface area contributed by atoms with E-state index in [4.69, 9.17) is 23.2 Å². The Morgan fingerprint density at radius 3 is 2.79 bits per heavy atom. The zero-order valence-electron chi connectivity index (χ0n) is 13.6. The number of hydrogen-bond donors (Lipinski definition) is 2. The summed E-state index contributed by atoms with van der Waals surface area (Å²) < 4.78 is 0. The van der Waals surface area contributed by atoms with Crippen LogP contribution < -0.4 is 10.6 Å². The summed E-state index contributed by atoms with van der Waals surface area (Å²) in [7, 11) is 4.08. The minimum atomic E-state index is -0.337. The van der Waals surface area contributed by atoms with Crippen molar-refractivity contribution in [3.05, 3.63) is 52.3 Å². The highest BCUT2D eigenvalue weighted by atomic mass is 35.5. The number of carbonyl (C=O) groups excluding carboxylic acids is 1. The molecule has 0 atom stereocenters. The second-order valence-corrected chi connectivity index (χ2v) is 6.35. The Hall–Kier alpha value is -1.82. The van der Waals surface area contributed by atoms with Gasteiger partial charge >= 0.3 is 0 Å². The summed E-state index contributed by atoms with van der Waals surface area (Å²) in [6, 6.07) is 8.62. The normalized spacial score (nSPS) is 10.7. The first-order valence-corrected chi connectivity index (χ1v) is 8.33. The molecule has 0 spiro atoms. The van der Waals surface area contributed by atoms with Gasteiger partial charge in [0.2, 0.25) is 0 Å². The number of halogens is 2. The standard InChI is InChI=1S/C17H20Cl2N4O/c1-23(2)10-4-8-20-12-7-9-21-15(11-12)17(24)22-14-6-3-5-13(18)16(14)19/h3,5-7,9,11H,4,8,10H2,1-2H3,(H,20,21)(H,22,24). The Balaban J connectivity index is 1.99. The number of aromatic nitrogens is 1. The molecular weight excluding hydrogens is 347 g/mol. The first kappa shape index (κ1) is 18.5. The first-order chi connectivity index (χ1) is 11.5. The molecule has 0 bridgehead atoms. The Labute approximate surface area is 152 Å². The number of anilines is 2. The number of carbonyl (C=O) groups is 1. The number of pyridine rings is 1. The van der Waals surface area contributed by atoms with Crippen LogP contribution in [0.4, 0.5) is 11.4 Å². The SMILES string of the molecule is CN(C)CCCNc1ccnc(C(=O)Nc2cccc(Cl)c2Cl)c1. The second-order valence-electron chi connectivity index (χ2n) is 5.57. The Morgan fingerprint density at radius 2 is 2.04 bits per heavy atom. The largest absolute Gasteiger partial charge is 0.385 e. The van der Waals surface area contributed by atoms with Crippen LogP contribution in [0.3, 0.4) is 0 Å². The van der Waals surface area contributed by atoms with Crippen molar-refractivity contribution in [2.75, 3.05) is 37.8 Å². The topological polar surface area (TPSA) is 57.3 Å². The summed E-state index contributed by atoms with van der Waals surface area (Å²) in [6.45, 7) is 1.82. The van der Waals surface area contributed by atoms with Gasteiger partial charge in [-0.05, 0) is 51.3 Å². The maximum atomic E-state index is 12.3. The number of amides is 1. The van der Waals surface area contributed by atoms with Crippen molar-refractivity contribution >= 4 is 40.5 Å². The van der Waals surface area contributed by atoms with E-state index in [1.165, 1.54) is 0 Å². The molecule has 2 aromatic rings. The lowest BCUT2D eigenvalue weighted by atomic mass is 10.2. The Morgan fingerprint density at radius 1 is 1.25 bits per heavy atom. The summed E-state index contributed by atoms with van der Waals surface area (Å²) in [5, 5.41) is 6.71. The highest BCUT2D eigenvalue weighted by molar-refractivity contribution is 6.44. The van der Waals surface area contributed by atoms with Gasteiger partial charge in [0.1, 0.15) is 5.69 Å². The summed E-state index contributed by atoms with van der Waals surface area (Å²) >= 11 is 12.0. The van der Waals surface area contributed by atoms with Gasteiger partial charge in [0.15, 0.2) is 0 Å². The van der Waals surface area contributed by atoms with Gasteiger partial charge in [0.25, 0.3) is 5.91 Å². The third-order valence-electron chi connectivity index (χ3n) is 3.30. The van der Waals surface area contributed by atoms with Crippen LogP contribution in [0.25, 0.3) is 0 Å². The fourth-order valence-corrected chi connectivity index (χ4v) is 2.43. The summed E-state index contributed by atoms with van der Waals surface area (Å²) in [5.74, 6) is -0.337. The molecule has 5 nitrogen and oxygen atoms in total. The van der Waals surface area contributed by atoms with Crippen LogP contribution in [0.15, 0.2) is 36.5 Å². The van der Waals surface area contributed by atoms with Crippen LogP contribution in [0.2, 0.25) is 10.0 Å². The van der Waals surface area contributed by atoms with Gasteiger partial charge in [-0.3, -0.25) is 9.78 Å². The lowest BCUT2D eigenvalue weighted by molar-refractivity contribution is 0.102. The fourth-order valence-electron chi connectivity index (χ4n) is 2.08. The van der Waals surface area contributed by atoms with E-state index in [2.05, 4.69) is 20.5 Å². The fraction of sp³-hybridized carbons (Fsp3) is 0.294. The van der Waals surface area contributed by atoms with Crippen molar-refractivity contribution in [2.45, 2.75) is 6.42 Å². The Kier molecular flexibility index (Phi) is 6.85. The summed E-state index contributed by atoms with van der Waals surface area (Å²) in [4.78, 5) is 18.6. The molecule has 24 heavy (non-hydrogen) atoms. The third kappa shape index (κ3) is 5.37. The summed E-state index contributed by atoms with van der Waals surface area (Å²) in [6.07, 6.45) is 2.61. The molecule has 0 aliphatic rings. The minimum absolute atomic E-state index is 0.309. The van der Waals surface area contributed by atoms with E-state index >= 15 is 0 Å². The van der Waals surface area contributed by atoms with E-state index in [1.54, 1.807) is 30.5 Å². The van der Waals surface area contributed by atoms with Crippen molar-refractivity contribution in [3.63, 3.8) is 0 Å². The molecule has 0 saturated carbocycles. The van der Waals surface area contributed by atoms with Crippen molar-refractivity contribution in [3.8, 4) is 0 Å². The second kappa shape index (κ2) is 8.87. The van der Waals surface area contributed by atoms with Crippen molar-refractivity contribution in [1.82, 2.24) is 9.88 Å². The number of benzene rings is 1. The number of nitrogens with zero attached hydrogens (tertiary/aromatic N) is 2. The molecule has 1 heterocycles. The van der Waals surface area contributed by atoms with Gasteiger partial charge in [-0.1, -0.05) is 29.3 Å². The maximum Gasteiger partial charge on any atom is 0.274 e. The van der Waals surface area contributed by atoms with Gasteiger partial charge < -0.3 is 15.5 Å². The van der Waals surface area contributed by atoms with Crippen molar-refractivity contribution in [2.24, 2.45) is 0 Å². The highest BCUT2D eigenvalue weighted by Crippen LogP contribution is 2.29. The lowest BCUT2D eigenvalue weighted by Gasteiger charge is -2.11. The molecule has 2 N–H and O–H groups in total. The van der Waals surface area contributed by atoms with E-state index < -0.39 is 0 Å². The first-order valence-electron chi connectivity index (χ1n) is 7.57. The smallest absolute Gasteiger partial charge is 0.274 e. The van der Waals surface area contributed by atoms with Crippen LogP contribution in [0.5, 0.6) is 0 Å². The van der Waals surface area contributed by atoms with Crippen molar-refractivity contribution in [1.29, 1.82) is 0 Å². The van der Waals surface area contributed by atoms with Gasteiger partial charge in [0, 0.05) is 18.4 Å². The molecule has 1 aromatic heterocycles. The highest BCUT2D eigenvalue weighted by Gasteiger charge is 2.12. The van der Waals surface area contributed by atoms with E-state index in [9.17, 15) is 4.79 Å². The zero-order chi connectivity index (χ0) is 17.5. The lowest BCUT2D eigenvalue weighted by Crippen LogP contribution is -2.17. The maximum absolute atomic E-state index is 12.3. The molecule has 0 unspecified atom stereocenters. The average molecular weight is 367 g/mol. The molecule has 1 aromatic carbocycles. The molecule has 0 aliphatic heterocycles. The predicted molar refractivity (Wildman–Crippen MR) is 100 cm³/mol. The molecule has 7 heteroatoms. The molecule has 128 valence electrons. The van der Waals surface area contributed by atoms with Gasteiger partial charge in [-0.15, -0.1) is 0 Å². The van der Waals surface area contributed by atoms with Crippen LogP contribution in [0, 0.1) is 0 Å². The van der Waals surface area contributed by atoms with E-state index in [-0.39, 0.29) is 5.91 Å². The van der Waals surface area contributed by atoms with E-state index in [0.29, 0.717) is 21.4 Å². The minimum Gasteiger partial charge on any atom is -0.385 e. The Bertz CT molecular complexity index is 707. The monoisotopic (exact) mass is 366 g/mol. The van der Waals surface area contributed by atoms with Gasteiger partial charge in [0.05, 0.1) is 15.7 Å². The number of rotatable bonds is 7. The van der Waals surface area contributed by atoms with Gasteiger partial charge in [-0.25, -0.2) is 0 Å². The number of hydrogen-bond acceptors (Lipinski definition) is 4.